The summed E-state index contributed by atoms with van der Waals surface area (Å²) in [7, 11) is 0. The molecular weight excluding hydrogens is 521 g/mol. The quantitative estimate of drug-likeness (QED) is 0.189. The van der Waals surface area contributed by atoms with Gasteiger partial charge in [0.05, 0.1) is 26.1 Å². The highest BCUT2D eigenvalue weighted by molar-refractivity contribution is 6.37. The van der Waals surface area contributed by atoms with E-state index in [1.807, 2.05) is 0 Å². The maximum Gasteiger partial charge on any atom is 0.287 e. The zero-order valence-corrected chi connectivity index (χ0v) is 19.7. The summed E-state index contributed by atoms with van der Waals surface area (Å²) in [6.45, 7) is -0.801. The van der Waals surface area contributed by atoms with Gasteiger partial charge in [-0.1, -0.05) is 53.0 Å². The molecule has 3 amide bonds. The van der Waals surface area contributed by atoms with Crippen LogP contribution in [0.25, 0.3) is 0 Å². The first-order valence-corrected chi connectivity index (χ1v) is 11.0. The summed E-state index contributed by atoms with van der Waals surface area (Å²) in [6, 6.07) is 13.4. The molecule has 0 N–H and O–H groups in total. The molecule has 176 valence electrons. The number of hydrogen-bond acceptors (Lipinski definition) is 6. The van der Waals surface area contributed by atoms with Crippen molar-refractivity contribution in [1.29, 1.82) is 0 Å². The summed E-state index contributed by atoms with van der Waals surface area (Å²) in [5.74, 6) is -3.82. The van der Waals surface area contributed by atoms with Gasteiger partial charge in [0, 0.05) is 16.7 Å². The molecule has 1 aliphatic heterocycles. The number of carbonyl (C=O) groups is 4. The van der Waals surface area contributed by atoms with Crippen molar-refractivity contribution in [3.8, 4) is 0 Å². The highest BCUT2D eigenvalue weighted by atomic mass is 35.5. The van der Waals surface area contributed by atoms with E-state index in [4.69, 9.17) is 34.8 Å². The third-order valence-electron chi connectivity index (χ3n) is 5.17. The second-order valence-corrected chi connectivity index (χ2v) is 8.52. The molecule has 0 fully saturated rings. The standard InChI is InChI=1S/C23H12Cl3N3O6/c24-12-8-9-13(17(26)10-12)19(30)11-27(21(31)14-4-1-2-6-16(14)25)28-22(32)15-5-3-7-18(29(34)35)20(15)23(28)33/h1-10H,11H2. The Morgan fingerprint density at radius 2 is 1.60 bits per heavy atom. The predicted octanol–water partition coefficient (Wildman–Crippen LogP) is 5.09. The molecule has 0 aliphatic carbocycles. The smallest absolute Gasteiger partial charge is 0.287 e. The topological polar surface area (TPSA) is 118 Å². The van der Waals surface area contributed by atoms with Crippen molar-refractivity contribution in [3.05, 3.63) is 108 Å². The molecular formula is C23H12Cl3N3O6. The van der Waals surface area contributed by atoms with Gasteiger partial charge in [-0.05, 0) is 36.4 Å². The maximum atomic E-state index is 13.5. The summed E-state index contributed by atoms with van der Waals surface area (Å²) >= 11 is 18.2. The number of nitro groups is 1. The van der Waals surface area contributed by atoms with Crippen LogP contribution in [-0.4, -0.2) is 45.0 Å². The highest BCUT2D eigenvalue weighted by Crippen LogP contribution is 2.33. The van der Waals surface area contributed by atoms with Gasteiger partial charge in [-0.25, -0.2) is 5.01 Å². The first kappa shape index (κ1) is 24.3. The summed E-state index contributed by atoms with van der Waals surface area (Å²) in [5.41, 5.74) is -1.50. The lowest BCUT2D eigenvalue weighted by atomic mass is 10.1. The number of hydrogen-bond donors (Lipinski definition) is 0. The van der Waals surface area contributed by atoms with Crippen molar-refractivity contribution in [2.24, 2.45) is 0 Å². The SMILES string of the molecule is O=C(CN(C(=O)c1ccccc1Cl)N1C(=O)c2cccc([N+](=O)[O-])c2C1=O)c1ccc(Cl)cc1Cl. The lowest BCUT2D eigenvalue weighted by molar-refractivity contribution is -0.385. The number of ketones is 1. The Balaban J connectivity index is 1.81. The minimum atomic E-state index is -1.13. The van der Waals surface area contributed by atoms with E-state index in [0.717, 1.165) is 6.07 Å². The maximum absolute atomic E-state index is 13.5. The number of fused-ring (bicyclic) bond motifs is 1. The van der Waals surface area contributed by atoms with Gasteiger partial charge in [-0.3, -0.25) is 29.3 Å². The second kappa shape index (κ2) is 9.46. The number of benzene rings is 3. The van der Waals surface area contributed by atoms with Gasteiger partial charge in [-0.15, -0.1) is 0 Å². The lowest BCUT2D eigenvalue weighted by Crippen LogP contribution is -2.51. The Morgan fingerprint density at radius 3 is 2.26 bits per heavy atom. The van der Waals surface area contributed by atoms with Crippen molar-refractivity contribution in [1.82, 2.24) is 10.0 Å². The van der Waals surface area contributed by atoms with Crippen LogP contribution in [0.1, 0.15) is 41.4 Å². The fourth-order valence-corrected chi connectivity index (χ4v) is 4.30. The van der Waals surface area contributed by atoms with Crippen molar-refractivity contribution >= 4 is 64.0 Å². The molecule has 3 aromatic carbocycles. The summed E-state index contributed by atoms with van der Waals surface area (Å²) in [5, 5.41) is 12.7. The molecule has 35 heavy (non-hydrogen) atoms. The van der Waals surface area contributed by atoms with Crippen LogP contribution < -0.4 is 0 Å². The Hall–Kier alpha value is -3.79. The molecule has 0 radical (unpaired) electrons. The summed E-state index contributed by atoms with van der Waals surface area (Å²) in [6.07, 6.45) is 0. The van der Waals surface area contributed by atoms with E-state index >= 15 is 0 Å². The zero-order chi connectivity index (χ0) is 25.4. The summed E-state index contributed by atoms with van der Waals surface area (Å²) in [4.78, 5) is 63.7. The number of hydrazine groups is 1. The Labute approximate surface area is 212 Å². The number of carbonyl (C=O) groups excluding carboxylic acids is 4. The Kier molecular flexibility index (Phi) is 6.58. The largest absolute Gasteiger partial charge is 0.292 e. The van der Waals surface area contributed by atoms with Crippen LogP contribution in [0.3, 0.4) is 0 Å². The fraction of sp³-hybridized carbons (Fsp3) is 0.0435. The van der Waals surface area contributed by atoms with Crippen molar-refractivity contribution in [2.75, 3.05) is 6.54 Å². The number of rotatable bonds is 6. The van der Waals surface area contributed by atoms with Gasteiger partial charge >= 0.3 is 0 Å². The van der Waals surface area contributed by atoms with E-state index in [1.54, 1.807) is 6.07 Å². The minimum absolute atomic E-state index is 0.00191. The molecule has 1 aliphatic rings. The molecule has 0 spiro atoms. The fourth-order valence-electron chi connectivity index (χ4n) is 3.57. The first-order chi connectivity index (χ1) is 16.6. The van der Waals surface area contributed by atoms with Gasteiger partial charge in [0.15, 0.2) is 5.78 Å². The zero-order valence-electron chi connectivity index (χ0n) is 17.4. The van der Waals surface area contributed by atoms with Gasteiger partial charge in [0.2, 0.25) is 0 Å². The third kappa shape index (κ3) is 4.37. The number of nitro benzene ring substituents is 1. The number of halogens is 3. The van der Waals surface area contributed by atoms with Crippen LogP contribution in [0.15, 0.2) is 60.7 Å². The minimum Gasteiger partial charge on any atom is -0.292 e. The molecule has 1 heterocycles. The highest BCUT2D eigenvalue weighted by Gasteiger charge is 2.46. The van der Waals surface area contributed by atoms with Crippen LogP contribution in [-0.2, 0) is 0 Å². The molecule has 3 aromatic rings. The molecule has 9 nitrogen and oxygen atoms in total. The van der Waals surface area contributed by atoms with Crippen LogP contribution in [0, 0.1) is 10.1 Å². The van der Waals surface area contributed by atoms with E-state index in [9.17, 15) is 29.3 Å². The average molecular weight is 533 g/mol. The van der Waals surface area contributed by atoms with Gasteiger partial charge < -0.3 is 0 Å². The second-order valence-electron chi connectivity index (χ2n) is 7.27. The number of Topliss-reactive ketones (excluding diaryl/α,β-unsaturated/α-hetero) is 1. The predicted molar refractivity (Wildman–Crippen MR) is 127 cm³/mol. The van der Waals surface area contributed by atoms with E-state index in [-0.39, 0.29) is 31.8 Å². The lowest BCUT2D eigenvalue weighted by Gasteiger charge is -2.29. The van der Waals surface area contributed by atoms with E-state index < -0.39 is 46.2 Å². The Morgan fingerprint density at radius 1 is 0.886 bits per heavy atom. The number of imide groups is 1. The van der Waals surface area contributed by atoms with Crippen LogP contribution in [0.2, 0.25) is 15.1 Å². The monoisotopic (exact) mass is 531 g/mol. The van der Waals surface area contributed by atoms with E-state index in [0.29, 0.717) is 10.0 Å². The molecule has 0 aromatic heterocycles. The first-order valence-electron chi connectivity index (χ1n) is 9.82. The normalized spacial score (nSPS) is 12.5. The van der Waals surface area contributed by atoms with Crippen LogP contribution in [0.5, 0.6) is 0 Å². The molecule has 12 heteroatoms. The molecule has 0 atom stereocenters. The van der Waals surface area contributed by atoms with Crippen molar-refractivity contribution in [3.63, 3.8) is 0 Å². The van der Waals surface area contributed by atoms with Gasteiger partial charge in [0.1, 0.15) is 12.1 Å². The van der Waals surface area contributed by atoms with E-state index in [2.05, 4.69) is 0 Å². The molecule has 0 saturated heterocycles. The van der Waals surface area contributed by atoms with Crippen LogP contribution >= 0.6 is 34.8 Å². The van der Waals surface area contributed by atoms with Gasteiger partial charge in [-0.2, -0.15) is 5.01 Å². The molecule has 0 bridgehead atoms. The average Bonchev–Trinajstić information content (AvgIpc) is 3.07. The van der Waals surface area contributed by atoms with E-state index in [1.165, 1.54) is 48.5 Å². The number of nitrogens with zero attached hydrogens (tertiary/aromatic N) is 3. The molecule has 0 unspecified atom stereocenters. The van der Waals surface area contributed by atoms with Crippen LogP contribution in [0.4, 0.5) is 5.69 Å². The van der Waals surface area contributed by atoms with Crippen molar-refractivity contribution < 1.29 is 24.1 Å². The molecule has 0 saturated carbocycles. The molecule has 4 rings (SSSR count). The van der Waals surface area contributed by atoms with Crippen molar-refractivity contribution in [2.45, 2.75) is 0 Å². The third-order valence-corrected chi connectivity index (χ3v) is 6.05. The van der Waals surface area contributed by atoms with Gasteiger partial charge in [0.25, 0.3) is 23.4 Å². The summed E-state index contributed by atoms with van der Waals surface area (Å²) < 4.78 is 0. The Bertz CT molecular complexity index is 1440. The number of amides is 3.